The maximum absolute atomic E-state index is 13.5. The SMILES string of the molecule is COc1ccc(S(=O)(=O)N(CC(=O)N(C)Cc2ccccc2)Cc2ccccc2)cc1Cl. The summed E-state index contributed by atoms with van der Waals surface area (Å²) in [6, 6.07) is 22.9. The molecule has 8 heteroatoms. The van der Waals surface area contributed by atoms with Crippen molar-refractivity contribution in [3.8, 4) is 5.75 Å². The van der Waals surface area contributed by atoms with Crippen LogP contribution in [0.25, 0.3) is 0 Å². The molecule has 0 saturated heterocycles. The molecule has 168 valence electrons. The first-order valence-electron chi connectivity index (χ1n) is 9.97. The largest absolute Gasteiger partial charge is 0.495 e. The Labute approximate surface area is 194 Å². The lowest BCUT2D eigenvalue weighted by molar-refractivity contribution is -0.130. The van der Waals surface area contributed by atoms with E-state index in [0.29, 0.717) is 12.3 Å². The van der Waals surface area contributed by atoms with Crippen molar-refractivity contribution in [2.45, 2.75) is 18.0 Å². The van der Waals surface area contributed by atoms with E-state index < -0.39 is 10.0 Å². The number of ether oxygens (including phenoxy) is 1. The van der Waals surface area contributed by atoms with Gasteiger partial charge in [0.25, 0.3) is 0 Å². The van der Waals surface area contributed by atoms with Gasteiger partial charge in [-0.2, -0.15) is 4.31 Å². The minimum Gasteiger partial charge on any atom is -0.495 e. The van der Waals surface area contributed by atoms with E-state index in [0.717, 1.165) is 11.1 Å². The van der Waals surface area contributed by atoms with Crippen LogP contribution in [0.15, 0.2) is 83.8 Å². The highest BCUT2D eigenvalue weighted by atomic mass is 35.5. The Kier molecular flexibility index (Phi) is 7.90. The molecule has 3 aromatic rings. The molecular weight excluding hydrogens is 448 g/mol. The van der Waals surface area contributed by atoms with Gasteiger partial charge in [-0.3, -0.25) is 4.79 Å². The third-order valence-corrected chi connectivity index (χ3v) is 7.05. The number of hydrogen-bond donors (Lipinski definition) is 0. The second-order valence-electron chi connectivity index (χ2n) is 7.29. The average molecular weight is 473 g/mol. The van der Waals surface area contributed by atoms with Gasteiger partial charge in [-0.1, -0.05) is 72.3 Å². The predicted molar refractivity (Wildman–Crippen MR) is 125 cm³/mol. The number of carbonyl (C=O) groups excluding carboxylic acids is 1. The molecule has 32 heavy (non-hydrogen) atoms. The fraction of sp³-hybridized carbons (Fsp3) is 0.208. The second-order valence-corrected chi connectivity index (χ2v) is 9.64. The summed E-state index contributed by atoms with van der Waals surface area (Å²) in [6.45, 7) is 0.134. The summed E-state index contributed by atoms with van der Waals surface area (Å²) in [7, 11) is -0.886. The van der Waals surface area contributed by atoms with Crippen molar-refractivity contribution >= 4 is 27.5 Å². The quantitative estimate of drug-likeness (QED) is 0.468. The average Bonchev–Trinajstić information content (AvgIpc) is 2.79. The van der Waals surface area contributed by atoms with E-state index in [1.165, 1.54) is 34.5 Å². The van der Waals surface area contributed by atoms with Crippen LogP contribution in [0.1, 0.15) is 11.1 Å². The summed E-state index contributed by atoms with van der Waals surface area (Å²) >= 11 is 6.16. The summed E-state index contributed by atoms with van der Waals surface area (Å²) < 4.78 is 33.2. The normalized spacial score (nSPS) is 11.4. The maximum atomic E-state index is 13.5. The molecule has 6 nitrogen and oxygen atoms in total. The van der Waals surface area contributed by atoms with Crippen LogP contribution in [0, 0.1) is 0 Å². The van der Waals surface area contributed by atoms with Crippen molar-refractivity contribution in [3.63, 3.8) is 0 Å². The van der Waals surface area contributed by atoms with Gasteiger partial charge in [-0.05, 0) is 29.3 Å². The molecule has 0 atom stereocenters. The number of halogens is 1. The van der Waals surface area contributed by atoms with Gasteiger partial charge in [0.2, 0.25) is 15.9 Å². The highest BCUT2D eigenvalue weighted by Crippen LogP contribution is 2.29. The number of carbonyl (C=O) groups is 1. The van der Waals surface area contributed by atoms with E-state index in [-0.39, 0.29) is 28.9 Å². The highest BCUT2D eigenvalue weighted by molar-refractivity contribution is 7.89. The van der Waals surface area contributed by atoms with Crippen LogP contribution in [0.3, 0.4) is 0 Å². The van der Waals surface area contributed by atoms with Gasteiger partial charge in [0.05, 0.1) is 23.6 Å². The number of likely N-dealkylation sites (N-methyl/N-ethyl adjacent to an activating group) is 1. The van der Waals surface area contributed by atoms with Crippen LogP contribution in [0.5, 0.6) is 5.75 Å². The molecule has 0 aliphatic carbocycles. The van der Waals surface area contributed by atoms with Crippen LogP contribution < -0.4 is 4.74 Å². The number of amides is 1. The number of nitrogens with zero attached hydrogens (tertiary/aromatic N) is 2. The number of benzene rings is 3. The first-order valence-corrected chi connectivity index (χ1v) is 11.8. The maximum Gasteiger partial charge on any atom is 0.243 e. The van der Waals surface area contributed by atoms with E-state index in [9.17, 15) is 13.2 Å². The Morgan fingerprint density at radius 1 is 0.906 bits per heavy atom. The van der Waals surface area contributed by atoms with Crippen molar-refractivity contribution in [2.24, 2.45) is 0 Å². The van der Waals surface area contributed by atoms with Gasteiger partial charge < -0.3 is 9.64 Å². The molecule has 0 aromatic heterocycles. The topological polar surface area (TPSA) is 66.9 Å². The van der Waals surface area contributed by atoms with Crippen molar-refractivity contribution in [3.05, 3.63) is 95.0 Å². The van der Waals surface area contributed by atoms with Crippen molar-refractivity contribution in [1.82, 2.24) is 9.21 Å². The lowest BCUT2D eigenvalue weighted by Gasteiger charge is -2.25. The zero-order valence-corrected chi connectivity index (χ0v) is 19.5. The Bertz CT molecular complexity index is 1160. The summed E-state index contributed by atoms with van der Waals surface area (Å²) in [5.74, 6) is 0.0619. The van der Waals surface area contributed by atoms with Gasteiger partial charge >= 0.3 is 0 Å². The minimum absolute atomic E-state index is 0.00209. The molecule has 3 aromatic carbocycles. The molecule has 0 unspecified atom stereocenters. The van der Waals surface area contributed by atoms with Crippen molar-refractivity contribution in [1.29, 1.82) is 0 Å². The van der Waals surface area contributed by atoms with Gasteiger partial charge in [-0.25, -0.2) is 8.42 Å². The van der Waals surface area contributed by atoms with Gasteiger partial charge in [0.1, 0.15) is 5.75 Å². The number of rotatable bonds is 9. The van der Waals surface area contributed by atoms with Gasteiger partial charge in [-0.15, -0.1) is 0 Å². The summed E-state index contributed by atoms with van der Waals surface area (Å²) in [5, 5.41) is 0.181. The molecule has 0 fully saturated rings. The fourth-order valence-corrected chi connectivity index (χ4v) is 4.91. The molecule has 0 heterocycles. The lowest BCUT2D eigenvalue weighted by atomic mass is 10.2. The Morgan fingerprint density at radius 2 is 1.47 bits per heavy atom. The summed E-state index contributed by atoms with van der Waals surface area (Å²) in [6.07, 6.45) is 0. The standard InChI is InChI=1S/C24H25ClN2O4S/c1-26(16-19-9-5-3-6-10-19)24(28)18-27(17-20-11-7-4-8-12-20)32(29,30)21-13-14-23(31-2)22(25)15-21/h3-15H,16-18H2,1-2H3. The second kappa shape index (κ2) is 10.6. The molecule has 0 radical (unpaired) electrons. The van der Waals surface area contributed by atoms with E-state index in [2.05, 4.69) is 0 Å². The van der Waals surface area contributed by atoms with E-state index in [1.807, 2.05) is 60.7 Å². The van der Waals surface area contributed by atoms with Crippen LogP contribution in [-0.4, -0.2) is 44.2 Å². The summed E-state index contributed by atoms with van der Waals surface area (Å²) in [5.41, 5.74) is 1.73. The van der Waals surface area contributed by atoms with E-state index >= 15 is 0 Å². The van der Waals surface area contributed by atoms with Crippen molar-refractivity contribution in [2.75, 3.05) is 20.7 Å². The smallest absolute Gasteiger partial charge is 0.243 e. The first kappa shape index (κ1) is 23.8. The fourth-order valence-electron chi connectivity index (χ4n) is 3.19. The molecule has 0 bridgehead atoms. The van der Waals surface area contributed by atoms with Gasteiger partial charge in [0.15, 0.2) is 0 Å². The Morgan fingerprint density at radius 3 is 2.00 bits per heavy atom. The molecule has 3 rings (SSSR count). The number of methoxy groups -OCH3 is 1. The van der Waals surface area contributed by atoms with Crippen LogP contribution in [0.4, 0.5) is 0 Å². The first-order chi connectivity index (χ1) is 15.3. The van der Waals surface area contributed by atoms with Gasteiger partial charge in [0, 0.05) is 20.1 Å². The molecule has 0 saturated carbocycles. The molecule has 0 aliphatic rings. The molecule has 1 amide bonds. The third kappa shape index (κ3) is 5.88. The van der Waals surface area contributed by atoms with Crippen LogP contribution >= 0.6 is 11.6 Å². The molecule has 0 N–H and O–H groups in total. The zero-order valence-electron chi connectivity index (χ0n) is 17.9. The van der Waals surface area contributed by atoms with Crippen LogP contribution in [0.2, 0.25) is 5.02 Å². The lowest BCUT2D eigenvalue weighted by Crippen LogP contribution is -2.40. The van der Waals surface area contributed by atoms with E-state index in [4.69, 9.17) is 16.3 Å². The molecule has 0 spiro atoms. The van der Waals surface area contributed by atoms with E-state index in [1.54, 1.807) is 7.05 Å². The molecule has 0 aliphatic heterocycles. The highest BCUT2D eigenvalue weighted by Gasteiger charge is 2.28. The number of hydrogen-bond acceptors (Lipinski definition) is 4. The zero-order chi connectivity index (χ0) is 23.1. The predicted octanol–water partition coefficient (Wildman–Crippen LogP) is 4.20. The monoisotopic (exact) mass is 472 g/mol. The van der Waals surface area contributed by atoms with Crippen LogP contribution in [-0.2, 0) is 27.9 Å². The Balaban J connectivity index is 1.87. The third-order valence-electron chi connectivity index (χ3n) is 4.96. The van der Waals surface area contributed by atoms with Crippen molar-refractivity contribution < 1.29 is 17.9 Å². The summed E-state index contributed by atoms with van der Waals surface area (Å²) in [4.78, 5) is 14.5. The Hall–Kier alpha value is -2.87. The minimum atomic E-state index is -4.00. The number of sulfonamides is 1. The molecular formula is C24H25ClN2O4S.